The molecule has 1 aromatic rings. The summed E-state index contributed by atoms with van der Waals surface area (Å²) in [6.07, 6.45) is 1.06. The van der Waals surface area contributed by atoms with Gasteiger partial charge in [0.15, 0.2) is 0 Å². The van der Waals surface area contributed by atoms with Gasteiger partial charge in [0, 0.05) is 24.8 Å². The minimum atomic E-state index is 0.485. The molecule has 0 unspecified atom stereocenters. The second-order valence-corrected chi connectivity index (χ2v) is 3.77. The summed E-state index contributed by atoms with van der Waals surface area (Å²) in [5, 5.41) is 6.75. The summed E-state index contributed by atoms with van der Waals surface area (Å²) in [4.78, 5) is 0. The first-order chi connectivity index (χ1) is 6.84. The quantitative estimate of drug-likeness (QED) is 0.731. The lowest BCUT2D eigenvalue weighted by Crippen LogP contribution is -2.47. The Morgan fingerprint density at radius 1 is 1.29 bits per heavy atom. The summed E-state index contributed by atoms with van der Waals surface area (Å²) < 4.78 is 0. The largest absolute Gasteiger partial charge is 0.383 e. The van der Waals surface area contributed by atoms with Crippen LogP contribution in [0.15, 0.2) is 42.6 Å². The molecule has 1 atom stereocenters. The lowest BCUT2D eigenvalue weighted by molar-refractivity contribution is 0.465. The van der Waals surface area contributed by atoms with Gasteiger partial charge in [-0.05, 0) is 12.0 Å². The predicted octanol–water partition coefficient (Wildman–Crippen LogP) is 1.30. The molecule has 1 heterocycles. The van der Waals surface area contributed by atoms with Crippen LogP contribution in [0.2, 0.25) is 0 Å². The Hall–Kier alpha value is -1.28. The molecule has 14 heavy (non-hydrogen) atoms. The number of nitrogens with one attached hydrogen (secondary N) is 2. The Bertz CT molecular complexity index is 305. The molecule has 2 heteroatoms. The van der Waals surface area contributed by atoms with Crippen LogP contribution in [0.1, 0.15) is 5.56 Å². The highest BCUT2D eigenvalue weighted by Gasteiger charge is 2.13. The van der Waals surface area contributed by atoms with Crippen LogP contribution in [0, 0.1) is 0 Å². The number of benzene rings is 1. The summed E-state index contributed by atoms with van der Waals surface area (Å²) in [5.41, 5.74) is 2.47. The molecule has 1 aliphatic heterocycles. The summed E-state index contributed by atoms with van der Waals surface area (Å²) in [6.45, 7) is 5.85. The van der Waals surface area contributed by atoms with Crippen molar-refractivity contribution in [1.82, 2.24) is 10.6 Å². The van der Waals surface area contributed by atoms with Gasteiger partial charge in [0.1, 0.15) is 0 Å². The monoisotopic (exact) mass is 188 g/mol. The molecule has 1 aromatic carbocycles. The topological polar surface area (TPSA) is 24.1 Å². The van der Waals surface area contributed by atoms with Gasteiger partial charge in [-0.25, -0.2) is 0 Å². The Morgan fingerprint density at radius 2 is 2.07 bits per heavy atom. The van der Waals surface area contributed by atoms with Crippen LogP contribution in [-0.2, 0) is 6.42 Å². The van der Waals surface area contributed by atoms with E-state index in [-0.39, 0.29) is 0 Å². The second-order valence-electron chi connectivity index (χ2n) is 3.77. The normalized spacial score (nSPS) is 21.7. The summed E-state index contributed by atoms with van der Waals surface area (Å²) in [7, 11) is 0. The Labute approximate surface area is 85.0 Å². The average molecular weight is 188 g/mol. The van der Waals surface area contributed by atoms with E-state index in [2.05, 4.69) is 47.5 Å². The number of rotatable bonds is 2. The van der Waals surface area contributed by atoms with Crippen LogP contribution in [-0.4, -0.2) is 19.1 Å². The minimum absolute atomic E-state index is 0.485. The third-order valence-corrected chi connectivity index (χ3v) is 2.46. The SMILES string of the molecule is C=C1CNC[C@@H](Cc2ccccc2)N1. The first-order valence-electron chi connectivity index (χ1n) is 5.03. The van der Waals surface area contributed by atoms with E-state index in [0.29, 0.717) is 6.04 Å². The molecule has 1 saturated heterocycles. The van der Waals surface area contributed by atoms with Crippen molar-refractivity contribution in [3.63, 3.8) is 0 Å². The van der Waals surface area contributed by atoms with Gasteiger partial charge in [-0.1, -0.05) is 36.9 Å². The molecule has 0 bridgehead atoms. The lowest BCUT2D eigenvalue weighted by Gasteiger charge is -2.27. The average Bonchev–Trinajstić information content (AvgIpc) is 2.19. The zero-order chi connectivity index (χ0) is 9.80. The van der Waals surface area contributed by atoms with Gasteiger partial charge >= 0.3 is 0 Å². The van der Waals surface area contributed by atoms with Crippen LogP contribution in [0.5, 0.6) is 0 Å². The highest BCUT2D eigenvalue weighted by Crippen LogP contribution is 2.05. The predicted molar refractivity (Wildman–Crippen MR) is 59.1 cm³/mol. The summed E-state index contributed by atoms with van der Waals surface area (Å²) in [5.74, 6) is 0. The van der Waals surface area contributed by atoms with Gasteiger partial charge < -0.3 is 10.6 Å². The summed E-state index contributed by atoms with van der Waals surface area (Å²) >= 11 is 0. The van der Waals surface area contributed by atoms with E-state index in [0.717, 1.165) is 25.2 Å². The first kappa shape index (κ1) is 9.28. The first-order valence-corrected chi connectivity index (χ1v) is 5.03. The molecule has 0 aromatic heterocycles. The van der Waals surface area contributed by atoms with Crippen LogP contribution < -0.4 is 10.6 Å². The summed E-state index contributed by atoms with van der Waals surface area (Å²) in [6, 6.07) is 11.0. The van der Waals surface area contributed by atoms with Gasteiger partial charge in [0.25, 0.3) is 0 Å². The Morgan fingerprint density at radius 3 is 2.79 bits per heavy atom. The molecule has 74 valence electrons. The number of hydrogen-bond acceptors (Lipinski definition) is 2. The smallest absolute Gasteiger partial charge is 0.0423 e. The molecular formula is C12H16N2. The van der Waals surface area contributed by atoms with E-state index < -0.39 is 0 Å². The van der Waals surface area contributed by atoms with Gasteiger partial charge in [0.05, 0.1) is 0 Å². The van der Waals surface area contributed by atoms with Crippen molar-refractivity contribution in [3.8, 4) is 0 Å². The van der Waals surface area contributed by atoms with E-state index in [4.69, 9.17) is 0 Å². The van der Waals surface area contributed by atoms with Crippen molar-refractivity contribution in [2.45, 2.75) is 12.5 Å². The molecule has 0 amide bonds. The molecule has 0 aliphatic carbocycles. The molecular weight excluding hydrogens is 172 g/mol. The van der Waals surface area contributed by atoms with Crippen LogP contribution in [0.25, 0.3) is 0 Å². The lowest BCUT2D eigenvalue weighted by atomic mass is 10.0. The maximum atomic E-state index is 3.93. The van der Waals surface area contributed by atoms with Gasteiger partial charge in [-0.2, -0.15) is 0 Å². The van der Waals surface area contributed by atoms with E-state index in [9.17, 15) is 0 Å². The zero-order valence-corrected chi connectivity index (χ0v) is 8.29. The Kier molecular flexibility index (Phi) is 2.84. The fourth-order valence-corrected chi connectivity index (χ4v) is 1.81. The minimum Gasteiger partial charge on any atom is -0.383 e. The number of piperazine rings is 1. The van der Waals surface area contributed by atoms with E-state index in [1.165, 1.54) is 5.56 Å². The molecule has 1 aliphatic rings. The molecule has 2 N–H and O–H groups in total. The Balaban J connectivity index is 1.94. The van der Waals surface area contributed by atoms with Crippen LogP contribution in [0.3, 0.4) is 0 Å². The van der Waals surface area contributed by atoms with Crippen molar-refractivity contribution in [3.05, 3.63) is 48.2 Å². The van der Waals surface area contributed by atoms with E-state index in [1.54, 1.807) is 0 Å². The van der Waals surface area contributed by atoms with E-state index in [1.807, 2.05) is 0 Å². The number of hydrogen-bond donors (Lipinski definition) is 2. The van der Waals surface area contributed by atoms with Gasteiger partial charge in [0.2, 0.25) is 0 Å². The highest BCUT2D eigenvalue weighted by atomic mass is 15.1. The second kappa shape index (κ2) is 4.29. The fraction of sp³-hybridized carbons (Fsp3) is 0.333. The molecule has 2 nitrogen and oxygen atoms in total. The maximum Gasteiger partial charge on any atom is 0.0423 e. The van der Waals surface area contributed by atoms with Crippen molar-refractivity contribution in [2.75, 3.05) is 13.1 Å². The molecule has 0 radical (unpaired) electrons. The molecule has 2 rings (SSSR count). The van der Waals surface area contributed by atoms with Crippen molar-refractivity contribution in [1.29, 1.82) is 0 Å². The third kappa shape index (κ3) is 2.36. The maximum absolute atomic E-state index is 3.93. The zero-order valence-electron chi connectivity index (χ0n) is 8.29. The van der Waals surface area contributed by atoms with Crippen LogP contribution in [0.4, 0.5) is 0 Å². The van der Waals surface area contributed by atoms with Crippen molar-refractivity contribution in [2.24, 2.45) is 0 Å². The molecule has 1 fully saturated rings. The van der Waals surface area contributed by atoms with E-state index >= 15 is 0 Å². The van der Waals surface area contributed by atoms with Gasteiger partial charge in [-0.3, -0.25) is 0 Å². The van der Waals surface area contributed by atoms with Gasteiger partial charge in [-0.15, -0.1) is 0 Å². The molecule has 0 saturated carbocycles. The van der Waals surface area contributed by atoms with Crippen LogP contribution >= 0.6 is 0 Å². The van der Waals surface area contributed by atoms with Crippen molar-refractivity contribution < 1.29 is 0 Å². The highest BCUT2D eigenvalue weighted by molar-refractivity contribution is 5.17. The molecule has 0 spiro atoms. The standard InChI is InChI=1S/C12H16N2/c1-10-8-13-9-12(14-10)7-11-5-3-2-4-6-11/h2-6,12-14H,1,7-9H2/t12-/m1/s1. The van der Waals surface area contributed by atoms with Crippen molar-refractivity contribution >= 4 is 0 Å². The third-order valence-electron chi connectivity index (χ3n) is 2.46. The fourth-order valence-electron chi connectivity index (χ4n) is 1.81.